The van der Waals surface area contributed by atoms with E-state index in [-0.39, 0.29) is 16.5 Å². The van der Waals surface area contributed by atoms with Crippen LogP contribution >= 0.6 is 11.8 Å². The van der Waals surface area contributed by atoms with E-state index in [1.165, 1.54) is 10.5 Å². The Bertz CT molecular complexity index is 2220. The molecule has 1 saturated heterocycles. The van der Waals surface area contributed by atoms with Crippen LogP contribution in [0.4, 0.5) is 11.4 Å². The molecule has 5 aromatic carbocycles. The Labute approximate surface area is 330 Å². The normalized spacial score (nSPS) is 14.0. The fraction of sp³-hybridized carbons (Fsp3) is 0.273. The average Bonchev–Trinajstić information content (AvgIpc) is 3.20. The first-order chi connectivity index (χ1) is 26.6. The predicted molar refractivity (Wildman–Crippen MR) is 224 cm³/mol. The third-order valence-electron chi connectivity index (χ3n) is 9.79. The third-order valence-corrected chi connectivity index (χ3v) is 12.3. The van der Waals surface area contributed by atoms with Gasteiger partial charge >= 0.3 is 0 Å². The van der Waals surface area contributed by atoms with Crippen molar-refractivity contribution in [2.75, 3.05) is 62.8 Å². The molecule has 6 rings (SSSR count). The van der Waals surface area contributed by atoms with Crippen molar-refractivity contribution in [1.29, 1.82) is 5.26 Å². The summed E-state index contributed by atoms with van der Waals surface area (Å²) in [6.07, 6.45) is 0.924. The maximum atomic E-state index is 13.4. The van der Waals surface area contributed by atoms with E-state index in [2.05, 4.69) is 75.2 Å². The Hall–Kier alpha value is -5.12. The smallest absolute Gasteiger partial charge is 0.264 e. The van der Waals surface area contributed by atoms with Crippen molar-refractivity contribution < 1.29 is 13.2 Å². The van der Waals surface area contributed by atoms with E-state index >= 15 is 0 Å². The monoisotopic (exact) mass is 772 g/mol. The molecule has 284 valence electrons. The lowest BCUT2D eigenvalue weighted by Crippen LogP contribution is -2.46. The van der Waals surface area contributed by atoms with Crippen molar-refractivity contribution in [3.8, 4) is 17.2 Å². The van der Waals surface area contributed by atoms with Gasteiger partial charge in [0.1, 0.15) is 0 Å². The highest BCUT2D eigenvalue weighted by molar-refractivity contribution is 7.99. The number of sulfonamides is 1. The first kappa shape index (κ1) is 39.6. The quantitative estimate of drug-likeness (QED) is 0.105. The number of nitrogens with one attached hydrogen (secondary N) is 2. The van der Waals surface area contributed by atoms with E-state index in [4.69, 9.17) is 0 Å². The topological polar surface area (TPSA) is 109 Å². The van der Waals surface area contributed by atoms with Crippen LogP contribution in [-0.4, -0.2) is 82.7 Å². The summed E-state index contributed by atoms with van der Waals surface area (Å²) in [5, 5.41) is 13.0. The highest BCUT2D eigenvalue weighted by atomic mass is 32.2. The Morgan fingerprint density at radius 1 is 0.873 bits per heavy atom. The summed E-state index contributed by atoms with van der Waals surface area (Å²) >= 11 is 1.79. The molecule has 1 fully saturated rings. The number of nitrogens with zero attached hydrogens (tertiary/aromatic N) is 4. The van der Waals surface area contributed by atoms with E-state index in [0.29, 0.717) is 5.56 Å². The summed E-state index contributed by atoms with van der Waals surface area (Å²) in [5.74, 6) is 0.190. The zero-order valence-corrected chi connectivity index (χ0v) is 33.2. The molecule has 1 atom stereocenters. The van der Waals surface area contributed by atoms with E-state index in [1.54, 1.807) is 42.1 Å². The summed E-state index contributed by atoms with van der Waals surface area (Å²) in [6.45, 7) is 6.97. The number of piperazine rings is 1. The second kappa shape index (κ2) is 18.5. The van der Waals surface area contributed by atoms with Crippen molar-refractivity contribution in [2.45, 2.75) is 35.7 Å². The van der Waals surface area contributed by atoms with Crippen LogP contribution in [0.1, 0.15) is 33.5 Å². The van der Waals surface area contributed by atoms with Gasteiger partial charge in [-0.3, -0.25) is 9.69 Å². The van der Waals surface area contributed by atoms with Gasteiger partial charge in [0.05, 0.1) is 16.5 Å². The Kier molecular flexibility index (Phi) is 13.3. The molecule has 0 radical (unpaired) electrons. The number of hydrogen-bond acceptors (Lipinski definition) is 9. The van der Waals surface area contributed by atoms with Gasteiger partial charge in [-0.1, -0.05) is 54.6 Å². The number of rotatable bonds is 15. The minimum atomic E-state index is -4.10. The van der Waals surface area contributed by atoms with E-state index in [9.17, 15) is 18.5 Å². The third kappa shape index (κ3) is 10.8. The fourth-order valence-corrected chi connectivity index (χ4v) is 8.73. The molecule has 11 heteroatoms. The molecule has 1 amide bonds. The van der Waals surface area contributed by atoms with Crippen LogP contribution in [0.2, 0.25) is 0 Å². The molecule has 1 aliphatic heterocycles. The average molecular weight is 773 g/mol. The number of amides is 1. The van der Waals surface area contributed by atoms with Crippen LogP contribution in [0.25, 0.3) is 11.1 Å². The number of benzene rings is 5. The highest BCUT2D eigenvalue weighted by Crippen LogP contribution is 2.28. The Balaban J connectivity index is 1.03. The van der Waals surface area contributed by atoms with Gasteiger partial charge in [-0.05, 0) is 123 Å². The summed E-state index contributed by atoms with van der Waals surface area (Å²) in [7, 11) is 0.0133. The zero-order chi connectivity index (χ0) is 38.8. The molecule has 2 N–H and O–H groups in total. The molecule has 0 saturated carbocycles. The van der Waals surface area contributed by atoms with Gasteiger partial charge in [0.25, 0.3) is 15.9 Å². The van der Waals surface area contributed by atoms with E-state index < -0.39 is 15.9 Å². The van der Waals surface area contributed by atoms with Gasteiger partial charge in [-0.15, -0.1) is 11.8 Å². The van der Waals surface area contributed by atoms with Crippen LogP contribution in [0.3, 0.4) is 0 Å². The van der Waals surface area contributed by atoms with Gasteiger partial charge in [0.2, 0.25) is 0 Å². The van der Waals surface area contributed by atoms with Crippen LogP contribution in [0, 0.1) is 18.3 Å². The molecular formula is C44H48N6O3S2. The van der Waals surface area contributed by atoms with Crippen LogP contribution in [0.5, 0.6) is 0 Å². The summed E-state index contributed by atoms with van der Waals surface area (Å²) < 4.78 is 29.0. The first-order valence-corrected chi connectivity index (χ1v) is 21.0. The first-order valence-electron chi connectivity index (χ1n) is 18.5. The van der Waals surface area contributed by atoms with Gasteiger partial charge in [-0.25, -0.2) is 13.1 Å². The fourth-order valence-electron chi connectivity index (χ4n) is 6.67. The van der Waals surface area contributed by atoms with Crippen molar-refractivity contribution in [3.05, 3.63) is 144 Å². The lowest BCUT2D eigenvalue weighted by Gasteiger charge is -2.36. The lowest BCUT2D eigenvalue weighted by molar-refractivity contribution is 0.0981. The van der Waals surface area contributed by atoms with Crippen molar-refractivity contribution in [1.82, 2.24) is 14.5 Å². The summed E-state index contributed by atoms with van der Waals surface area (Å²) in [4.78, 5) is 21.3. The minimum absolute atomic E-state index is 0.0419. The van der Waals surface area contributed by atoms with Gasteiger partial charge in [0, 0.05) is 66.4 Å². The Morgan fingerprint density at radius 2 is 1.60 bits per heavy atom. The molecule has 55 heavy (non-hydrogen) atoms. The second-order valence-electron chi connectivity index (χ2n) is 14.1. The molecule has 1 heterocycles. The standard InChI is InChI=1S/C44H48N6O3S2/c1-33-28-41(20-21-43(33)46-38(22-23-48(2)3)32-54-40-13-5-4-6-14-40)55(52,53)47-44(51)35-16-18-39(19-17-35)50-26-24-49(25-27-50)31-37-11-7-8-15-42(37)36-12-9-10-34(29-36)30-45/h4-21,28-29,38,46H,22-27,31-32H2,1-3H3,(H,47,51)/t38-/m1/s1. The van der Waals surface area contributed by atoms with Crippen LogP contribution in [-0.2, 0) is 16.6 Å². The van der Waals surface area contributed by atoms with E-state index in [0.717, 1.165) is 79.5 Å². The van der Waals surface area contributed by atoms with Crippen LogP contribution in [0.15, 0.2) is 131 Å². The SMILES string of the molecule is Cc1cc(S(=O)(=O)NC(=O)c2ccc(N3CCN(Cc4ccccc4-c4cccc(C#N)c4)CC3)cc2)ccc1N[C@H](CCN(C)C)CSc1ccccc1. The van der Waals surface area contributed by atoms with Gasteiger partial charge in [0.15, 0.2) is 0 Å². The molecule has 0 bridgehead atoms. The van der Waals surface area contributed by atoms with E-state index in [1.807, 2.05) is 67.6 Å². The van der Waals surface area contributed by atoms with Gasteiger partial charge < -0.3 is 15.1 Å². The molecule has 0 unspecified atom stereocenters. The van der Waals surface area contributed by atoms with Crippen molar-refractivity contribution >= 4 is 39.1 Å². The van der Waals surface area contributed by atoms with Crippen molar-refractivity contribution in [2.24, 2.45) is 0 Å². The second-order valence-corrected chi connectivity index (χ2v) is 16.9. The number of carbonyl (C=O) groups is 1. The lowest BCUT2D eigenvalue weighted by atomic mass is 9.98. The molecule has 0 spiro atoms. The number of carbonyl (C=O) groups excluding carboxylic acids is 1. The van der Waals surface area contributed by atoms with Crippen LogP contribution < -0.4 is 14.9 Å². The highest BCUT2D eigenvalue weighted by Gasteiger charge is 2.22. The molecule has 5 aromatic rings. The maximum absolute atomic E-state index is 13.4. The molecule has 9 nitrogen and oxygen atoms in total. The number of aryl methyl sites for hydroxylation is 1. The zero-order valence-electron chi connectivity index (χ0n) is 31.6. The number of nitriles is 1. The molecule has 0 aromatic heterocycles. The molecule has 1 aliphatic rings. The van der Waals surface area contributed by atoms with Gasteiger partial charge in [-0.2, -0.15) is 5.26 Å². The summed E-state index contributed by atoms with van der Waals surface area (Å²) in [6, 6.07) is 40.8. The Morgan fingerprint density at radius 3 is 2.31 bits per heavy atom. The predicted octanol–water partition coefficient (Wildman–Crippen LogP) is 7.50. The number of thioether (sulfide) groups is 1. The molecule has 0 aliphatic carbocycles. The largest absolute Gasteiger partial charge is 0.381 e. The maximum Gasteiger partial charge on any atom is 0.264 e. The minimum Gasteiger partial charge on any atom is -0.381 e. The number of hydrogen-bond donors (Lipinski definition) is 2. The van der Waals surface area contributed by atoms with Crippen molar-refractivity contribution in [3.63, 3.8) is 0 Å². The summed E-state index contributed by atoms with van der Waals surface area (Å²) in [5.41, 5.74) is 6.96. The number of anilines is 2. The molecular weight excluding hydrogens is 725 g/mol.